The molecule has 0 unspecified atom stereocenters. The lowest BCUT2D eigenvalue weighted by molar-refractivity contribution is 0.102. The number of para-hydroxylation sites is 1. The average molecular weight is 510 g/mol. The van der Waals surface area contributed by atoms with Crippen LogP contribution in [0.25, 0.3) is 0 Å². The largest absolute Gasteiger partial charge is 0.494 e. The highest BCUT2D eigenvalue weighted by atomic mass is 32.1. The molecule has 0 aliphatic carbocycles. The number of hydrogen-bond donors (Lipinski definition) is 4. The summed E-state index contributed by atoms with van der Waals surface area (Å²) in [5, 5.41) is 24.5. The van der Waals surface area contributed by atoms with Crippen molar-refractivity contribution in [2.45, 2.75) is 31.4 Å². The number of piperidine rings is 1. The summed E-state index contributed by atoms with van der Waals surface area (Å²) in [6, 6.07) is 13.1. The maximum Gasteiger partial charge on any atom is 0.368 e. The Bertz CT molecular complexity index is 1410. The maximum atomic E-state index is 11.4. The molecule has 11 heteroatoms. The van der Waals surface area contributed by atoms with E-state index in [2.05, 4.69) is 37.3 Å². The third-order valence-corrected chi connectivity index (χ3v) is 7.21. The summed E-state index contributed by atoms with van der Waals surface area (Å²) in [4.78, 5) is 35.6. The number of rotatable bonds is 9. The highest BCUT2D eigenvalue weighted by Gasteiger charge is 2.20. The van der Waals surface area contributed by atoms with Gasteiger partial charge in [0, 0.05) is 37.8 Å². The van der Waals surface area contributed by atoms with Crippen LogP contribution in [0.2, 0.25) is 0 Å². The fraction of sp³-hybridized carbons (Fsp3) is 0.360. The van der Waals surface area contributed by atoms with Crippen LogP contribution >= 0.6 is 11.3 Å². The van der Waals surface area contributed by atoms with E-state index in [0.29, 0.717) is 40.3 Å². The molecule has 5 rings (SSSR count). The normalized spacial score (nSPS) is 16.4. The van der Waals surface area contributed by atoms with Gasteiger partial charge in [0.2, 0.25) is 5.88 Å². The van der Waals surface area contributed by atoms with E-state index in [1.807, 2.05) is 12.1 Å². The molecule has 3 aromatic rings. The zero-order valence-corrected chi connectivity index (χ0v) is 20.3. The second kappa shape index (κ2) is 10.6. The summed E-state index contributed by atoms with van der Waals surface area (Å²) < 4.78 is 5.69. The summed E-state index contributed by atoms with van der Waals surface area (Å²) in [6.07, 6.45) is 1.73. The molecule has 0 radical (unpaired) electrons. The van der Waals surface area contributed by atoms with E-state index in [1.165, 1.54) is 0 Å². The van der Waals surface area contributed by atoms with E-state index in [4.69, 9.17) is 4.74 Å². The number of aliphatic hydroxyl groups is 1. The molecule has 2 aliphatic rings. The molecule has 2 aliphatic heterocycles. The Morgan fingerprint density at radius 1 is 1.14 bits per heavy atom. The molecular weight excluding hydrogens is 482 g/mol. The highest BCUT2D eigenvalue weighted by molar-refractivity contribution is 7.09. The van der Waals surface area contributed by atoms with Crippen LogP contribution in [0.15, 0.2) is 57.2 Å². The van der Waals surface area contributed by atoms with E-state index in [9.17, 15) is 19.8 Å². The standard InChI is InChI=1S/C25H27N5O5S/c31-18(14-35-20-3-1-2-19-22(20)28-24(33)27-19)13-26-16-8-10-30(11-9-16)17-6-4-15(5-7-17)12-21-23(32)29-25(34)36-21/h1-7,16,18,26,31-32H,8-14H2,(H,29,34)/t18-/m0/s1. The summed E-state index contributed by atoms with van der Waals surface area (Å²) in [5.74, 6) is 0.396. The molecule has 2 amide bonds. The first-order valence-corrected chi connectivity index (χ1v) is 12.7. The van der Waals surface area contributed by atoms with Crippen molar-refractivity contribution in [2.24, 2.45) is 9.98 Å². The second-order valence-electron chi connectivity index (χ2n) is 8.89. The van der Waals surface area contributed by atoms with Crippen molar-refractivity contribution in [3.05, 3.63) is 73.3 Å². The number of thiazole rings is 1. The molecular formula is C25H27N5O5S. The molecule has 1 fully saturated rings. The molecule has 0 spiro atoms. The predicted octanol–water partition coefficient (Wildman–Crippen LogP) is 1.10. The summed E-state index contributed by atoms with van der Waals surface area (Å²) >= 11 is 1.03. The highest BCUT2D eigenvalue weighted by Crippen LogP contribution is 2.24. The van der Waals surface area contributed by atoms with Crippen molar-refractivity contribution in [3.8, 4) is 11.6 Å². The summed E-state index contributed by atoms with van der Waals surface area (Å²) in [6.45, 7) is 2.31. The molecule has 0 saturated carbocycles. The Morgan fingerprint density at radius 2 is 1.92 bits per heavy atom. The molecule has 1 saturated heterocycles. The topological polar surface area (TPSA) is 140 Å². The Balaban J connectivity index is 1.05. The van der Waals surface area contributed by atoms with Gasteiger partial charge in [0.1, 0.15) is 23.8 Å². The number of fused-ring (bicyclic) bond motifs is 1. The van der Waals surface area contributed by atoms with Crippen LogP contribution in [0.1, 0.15) is 23.3 Å². The number of aromatic amines is 1. The van der Waals surface area contributed by atoms with Gasteiger partial charge in [0.15, 0.2) is 0 Å². The first kappa shape index (κ1) is 24.2. The molecule has 3 heterocycles. The third-order valence-electron chi connectivity index (χ3n) is 6.34. The number of aliphatic hydroxyl groups excluding tert-OH is 1. The lowest BCUT2D eigenvalue weighted by Gasteiger charge is -2.34. The van der Waals surface area contributed by atoms with Gasteiger partial charge in [-0.3, -0.25) is 9.78 Å². The van der Waals surface area contributed by atoms with Gasteiger partial charge >= 0.3 is 10.9 Å². The van der Waals surface area contributed by atoms with Crippen LogP contribution < -0.4 is 30.5 Å². The van der Waals surface area contributed by atoms with Crippen LogP contribution in [-0.2, 0) is 6.42 Å². The summed E-state index contributed by atoms with van der Waals surface area (Å²) in [7, 11) is 0. The van der Waals surface area contributed by atoms with Crippen LogP contribution in [0, 0.1) is 0 Å². The fourth-order valence-corrected chi connectivity index (χ4v) is 5.18. The Morgan fingerprint density at radius 3 is 2.64 bits per heavy atom. The molecule has 1 aromatic heterocycles. The van der Waals surface area contributed by atoms with Gasteiger partial charge in [-0.15, -0.1) is 0 Å². The molecule has 188 valence electrons. The second-order valence-corrected chi connectivity index (χ2v) is 9.96. The number of H-pyrrole nitrogens is 1. The molecule has 36 heavy (non-hydrogen) atoms. The van der Waals surface area contributed by atoms with Crippen molar-refractivity contribution in [3.63, 3.8) is 0 Å². The number of hydrogen-bond acceptors (Lipinski definition) is 8. The minimum absolute atomic E-state index is 0.0492. The zero-order valence-electron chi connectivity index (χ0n) is 19.5. The third kappa shape index (κ3) is 5.64. The molecule has 4 N–H and O–H groups in total. The van der Waals surface area contributed by atoms with E-state index in [-0.39, 0.29) is 17.4 Å². The van der Waals surface area contributed by atoms with E-state index >= 15 is 0 Å². The molecule has 10 nitrogen and oxygen atoms in total. The lowest BCUT2D eigenvalue weighted by Crippen LogP contribution is -2.45. The van der Waals surface area contributed by atoms with Gasteiger partial charge in [0.05, 0.1) is 10.2 Å². The van der Waals surface area contributed by atoms with Gasteiger partial charge in [-0.2, -0.15) is 9.98 Å². The van der Waals surface area contributed by atoms with Crippen LogP contribution in [0.4, 0.5) is 10.5 Å². The van der Waals surface area contributed by atoms with Gasteiger partial charge in [0.25, 0.3) is 0 Å². The minimum atomic E-state index is -0.696. The number of carbonyl (C=O) groups excluding carboxylic acids is 1. The van der Waals surface area contributed by atoms with Crippen molar-refractivity contribution >= 4 is 23.1 Å². The molecule has 0 bridgehead atoms. The minimum Gasteiger partial charge on any atom is -0.494 e. The monoisotopic (exact) mass is 509 g/mol. The average Bonchev–Trinajstić information content (AvgIpc) is 3.42. The van der Waals surface area contributed by atoms with Crippen molar-refractivity contribution < 1.29 is 19.7 Å². The van der Waals surface area contributed by atoms with Crippen LogP contribution in [0.3, 0.4) is 0 Å². The number of benzene rings is 2. The van der Waals surface area contributed by atoms with Crippen molar-refractivity contribution in [2.75, 3.05) is 31.1 Å². The number of nitrogens with one attached hydrogen (secondary N) is 2. The number of aromatic nitrogens is 1. The number of aromatic hydroxyl groups is 1. The van der Waals surface area contributed by atoms with E-state index in [1.54, 1.807) is 18.2 Å². The number of amides is 2. The van der Waals surface area contributed by atoms with Crippen LogP contribution in [-0.4, -0.2) is 59.6 Å². The zero-order chi connectivity index (χ0) is 25.1. The quantitative estimate of drug-likeness (QED) is 0.339. The number of urea groups is 1. The van der Waals surface area contributed by atoms with E-state index < -0.39 is 12.1 Å². The number of carbonyl (C=O) groups is 1. The molecule has 1 atom stereocenters. The van der Waals surface area contributed by atoms with Crippen molar-refractivity contribution in [1.29, 1.82) is 0 Å². The number of anilines is 1. The molecule has 2 aromatic carbocycles. The van der Waals surface area contributed by atoms with Crippen LogP contribution in [0.5, 0.6) is 11.6 Å². The lowest BCUT2D eigenvalue weighted by atomic mass is 10.0. The smallest absolute Gasteiger partial charge is 0.368 e. The number of ether oxygens (including phenoxy) is 1. The SMILES string of the molecule is O=C1N=c2cccc(OC[C@@H](O)CNC3CCN(c4ccc(Cc5sc(=O)[nH]c5O)cc4)CC3)c2=N1. The Hall–Kier alpha value is -3.54. The fourth-order valence-electron chi connectivity index (χ4n) is 4.42. The van der Waals surface area contributed by atoms with Gasteiger partial charge in [-0.1, -0.05) is 29.5 Å². The summed E-state index contributed by atoms with van der Waals surface area (Å²) in [5.41, 5.74) is 2.18. The van der Waals surface area contributed by atoms with E-state index in [0.717, 1.165) is 48.5 Å². The van der Waals surface area contributed by atoms with Gasteiger partial charge in [-0.25, -0.2) is 4.79 Å². The number of nitrogens with zero attached hydrogens (tertiary/aromatic N) is 3. The maximum absolute atomic E-state index is 11.4. The van der Waals surface area contributed by atoms with Crippen molar-refractivity contribution in [1.82, 2.24) is 10.3 Å². The Labute approximate surface area is 210 Å². The predicted molar refractivity (Wildman–Crippen MR) is 135 cm³/mol. The Kier molecular flexibility index (Phi) is 7.12. The first-order chi connectivity index (χ1) is 17.4. The van der Waals surface area contributed by atoms with Gasteiger partial charge in [-0.05, 0) is 42.7 Å². The first-order valence-electron chi connectivity index (χ1n) is 11.8. The van der Waals surface area contributed by atoms with Gasteiger partial charge < -0.3 is 25.2 Å².